The summed E-state index contributed by atoms with van der Waals surface area (Å²) < 4.78 is 59.7. The molecule has 0 bridgehead atoms. The van der Waals surface area contributed by atoms with E-state index < -0.39 is 33.8 Å². The number of aryl methyl sites for hydroxylation is 1. The van der Waals surface area contributed by atoms with Gasteiger partial charge in [-0.2, -0.15) is 5.10 Å². The van der Waals surface area contributed by atoms with Gasteiger partial charge in [-0.1, -0.05) is 30.7 Å². The van der Waals surface area contributed by atoms with Gasteiger partial charge in [0.1, 0.15) is 22.4 Å². The molecule has 0 spiro atoms. The molecule has 0 N–H and O–H groups in total. The summed E-state index contributed by atoms with van der Waals surface area (Å²) in [6, 6.07) is 9.13. The van der Waals surface area contributed by atoms with E-state index in [9.17, 15) is 13.4 Å². The predicted octanol–water partition coefficient (Wildman–Crippen LogP) is 6.78. The Hall–Kier alpha value is -3.76. The lowest BCUT2D eigenvalue weighted by atomic mass is 10.0. The van der Waals surface area contributed by atoms with Gasteiger partial charge in [0.25, 0.3) is 5.56 Å². The second kappa shape index (κ2) is 11.3. The third-order valence-electron chi connectivity index (χ3n) is 7.36. The van der Waals surface area contributed by atoms with E-state index in [1.54, 1.807) is 38.3 Å². The Balaban J connectivity index is 1.55. The van der Waals surface area contributed by atoms with E-state index in [2.05, 4.69) is 10.1 Å². The van der Waals surface area contributed by atoms with Crippen LogP contribution < -0.4 is 5.56 Å². The van der Waals surface area contributed by atoms with Crippen molar-refractivity contribution in [1.29, 1.82) is 0 Å². The number of allylic oxidation sites excluding steroid dienone is 2. The van der Waals surface area contributed by atoms with Gasteiger partial charge in [-0.3, -0.25) is 18.6 Å². The van der Waals surface area contributed by atoms with Crippen molar-refractivity contribution in [3.8, 4) is 0 Å². The van der Waals surface area contributed by atoms with E-state index in [1.165, 1.54) is 47.4 Å². The number of hydrogen-bond acceptors (Lipinski definition) is 4. The quantitative estimate of drug-likeness (QED) is 0.220. The average molecular weight is 599 g/mol. The summed E-state index contributed by atoms with van der Waals surface area (Å²) in [4.78, 5) is 17.4. The van der Waals surface area contributed by atoms with Crippen molar-refractivity contribution in [3.63, 3.8) is 0 Å². The molecule has 0 amide bonds. The number of hydrogen-bond donors (Lipinski definition) is 0. The summed E-state index contributed by atoms with van der Waals surface area (Å²) in [6.07, 6.45) is 7.97. The fraction of sp³-hybridized carbons (Fsp3) is 0.233. The molecule has 41 heavy (non-hydrogen) atoms. The van der Waals surface area contributed by atoms with Gasteiger partial charge >= 0.3 is 0 Å². The molecule has 212 valence electrons. The van der Waals surface area contributed by atoms with Crippen LogP contribution in [0.3, 0.4) is 0 Å². The molecule has 5 rings (SSSR count). The minimum atomic E-state index is -1.65. The zero-order valence-electron chi connectivity index (χ0n) is 22.6. The van der Waals surface area contributed by atoms with Crippen molar-refractivity contribution in [2.24, 2.45) is 10.9 Å². The van der Waals surface area contributed by atoms with Gasteiger partial charge in [-0.05, 0) is 73.1 Å². The highest BCUT2D eigenvalue weighted by atomic mass is 35.5. The SMILES string of the molecule is C/C=C/N=C(/C(F)=C/n1c(C)cc(C2C(C)C2c2cc(F)cn3nccc23)c(Cl)c1=O)c1cccc(S(C)=O)c1F. The topological polar surface area (TPSA) is 68.7 Å². The van der Waals surface area contributed by atoms with Crippen LogP contribution in [0.5, 0.6) is 0 Å². The molecule has 11 heteroatoms. The lowest BCUT2D eigenvalue weighted by Gasteiger charge is -2.12. The number of rotatable bonds is 7. The number of halogens is 4. The Morgan fingerprint density at radius 1 is 1.17 bits per heavy atom. The molecule has 1 saturated carbocycles. The maximum atomic E-state index is 15.7. The maximum Gasteiger partial charge on any atom is 0.273 e. The lowest BCUT2D eigenvalue weighted by molar-refractivity contribution is 0.591. The highest BCUT2D eigenvalue weighted by Crippen LogP contribution is 2.61. The number of benzene rings is 1. The zero-order chi connectivity index (χ0) is 29.6. The van der Waals surface area contributed by atoms with Crippen LogP contribution in [-0.2, 0) is 10.8 Å². The summed E-state index contributed by atoms with van der Waals surface area (Å²) in [5, 5.41) is 4.05. The molecule has 0 saturated heterocycles. The van der Waals surface area contributed by atoms with E-state index in [4.69, 9.17) is 11.6 Å². The number of aromatic nitrogens is 3. The van der Waals surface area contributed by atoms with Gasteiger partial charge in [0.2, 0.25) is 0 Å². The highest BCUT2D eigenvalue weighted by molar-refractivity contribution is 7.84. The first-order valence-electron chi connectivity index (χ1n) is 12.8. The first-order chi connectivity index (χ1) is 19.5. The Morgan fingerprint density at radius 2 is 1.90 bits per heavy atom. The monoisotopic (exact) mass is 598 g/mol. The standard InChI is InChI=1S/C30H26ClF3N4O2S/c1-5-10-35-29(19-7-6-8-24(28(19)34)41(4)40)22(33)15-37-16(2)12-21(27(31)30(37)39)26-17(3)25(26)20-13-18(32)14-38-23(20)9-11-36-38/h5-15,17,25-26H,1-4H3/b10-5+,22-15-,35-29+. The van der Waals surface area contributed by atoms with E-state index in [0.29, 0.717) is 11.3 Å². The second-order valence-corrected chi connectivity index (χ2v) is 11.7. The molecular weight excluding hydrogens is 573 g/mol. The van der Waals surface area contributed by atoms with Crippen molar-refractivity contribution in [3.05, 3.63) is 116 Å². The minimum Gasteiger partial charge on any atom is -0.284 e. The Kier molecular flexibility index (Phi) is 7.89. The predicted molar refractivity (Wildman–Crippen MR) is 156 cm³/mol. The molecule has 4 unspecified atom stereocenters. The van der Waals surface area contributed by atoms with Crippen LogP contribution in [0.25, 0.3) is 11.7 Å². The summed E-state index contributed by atoms with van der Waals surface area (Å²) in [7, 11) is -1.65. The first kappa shape index (κ1) is 28.8. The molecule has 1 fully saturated rings. The molecule has 4 aromatic rings. The summed E-state index contributed by atoms with van der Waals surface area (Å²) >= 11 is 6.58. The number of nitrogens with zero attached hydrogens (tertiary/aromatic N) is 4. The van der Waals surface area contributed by atoms with Crippen molar-refractivity contribution in [2.75, 3.05) is 6.26 Å². The van der Waals surface area contributed by atoms with Gasteiger partial charge in [-0.15, -0.1) is 0 Å². The highest BCUT2D eigenvalue weighted by Gasteiger charge is 2.50. The molecule has 1 aromatic carbocycles. The largest absolute Gasteiger partial charge is 0.284 e. The Morgan fingerprint density at radius 3 is 2.61 bits per heavy atom. The number of pyridine rings is 2. The fourth-order valence-electron chi connectivity index (χ4n) is 5.35. The first-order valence-corrected chi connectivity index (χ1v) is 14.7. The van der Waals surface area contributed by atoms with E-state index >= 15 is 8.78 Å². The van der Waals surface area contributed by atoms with Crippen LogP contribution in [-0.4, -0.2) is 30.4 Å². The molecule has 6 nitrogen and oxygen atoms in total. The molecule has 1 aliphatic rings. The summed E-state index contributed by atoms with van der Waals surface area (Å²) in [5.41, 5.74) is 1.30. The van der Waals surface area contributed by atoms with Crippen molar-refractivity contribution < 1.29 is 17.4 Å². The van der Waals surface area contributed by atoms with Gasteiger partial charge < -0.3 is 0 Å². The van der Waals surface area contributed by atoms with Gasteiger partial charge in [0.15, 0.2) is 5.83 Å². The lowest BCUT2D eigenvalue weighted by Crippen LogP contribution is -2.21. The third kappa shape index (κ3) is 5.22. The summed E-state index contributed by atoms with van der Waals surface area (Å²) in [5.74, 6) is -2.46. The molecule has 4 atom stereocenters. The normalized spacial score (nSPS) is 20.2. The zero-order valence-corrected chi connectivity index (χ0v) is 24.2. The fourth-order valence-corrected chi connectivity index (χ4v) is 6.26. The molecular formula is C30H26ClF3N4O2S. The van der Waals surface area contributed by atoms with Gasteiger partial charge in [0.05, 0.1) is 33.6 Å². The average Bonchev–Trinajstić information content (AvgIpc) is 3.34. The van der Waals surface area contributed by atoms with Gasteiger partial charge in [0, 0.05) is 29.9 Å². The van der Waals surface area contributed by atoms with Crippen LogP contribution >= 0.6 is 11.6 Å². The third-order valence-corrected chi connectivity index (χ3v) is 8.67. The Bertz CT molecular complexity index is 1860. The van der Waals surface area contributed by atoms with E-state index in [1.807, 2.05) is 6.92 Å². The molecule has 1 aliphatic carbocycles. The van der Waals surface area contributed by atoms with Crippen LogP contribution in [0, 0.1) is 24.5 Å². The smallest absolute Gasteiger partial charge is 0.273 e. The molecule has 3 aromatic heterocycles. The Labute approximate surface area is 242 Å². The van der Waals surface area contributed by atoms with Crippen LogP contribution in [0.15, 0.2) is 81.6 Å². The van der Waals surface area contributed by atoms with Crippen molar-refractivity contribution in [2.45, 2.75) is 37.5 Å². The van der Waals surface area contributed by atoms with Gasteiger partial charge in [-0.25, -0.2) is 17.7 Å². The van der Waals surface area contributed by atoms with Crippen LogP contribution in [0.2, 0.25) is 5.02 Å². The van der Waals surface area contributed by atoms with Crippen LogP contribution in [0.1, 0.15) is 48.1 Å². The molecule has 0 radical (unpaired) electrons. The molecule has 3 heterocycles. The number of aliphatic imine (C=N–C) groups is 1. The maximum absolute atomic E-state index is 15.7. The second-order valence-electron chi connectivity index (χ2n) is 9.92. The van der Waals surface area contributed by atoms with Crippen molar-refractivity contribution >= 4 is 39.8 Å². The van der Waals surface area contributed by atoms with E-state index in [0.717, 1.165) is 21.8 Å². The number of fused-ring (bicyclic) bond motifs is 1. The van der Waals surface area contributed by atoms with Crippen LogP contribution in [0.4, 0.5) is 13.2 Å². The summed E-state index contributed by atoms with van der Waals surface area (Å²) in [6.45, 7) is 5.30. The molecule has 0 aliphatic heterocycles. The minimum absolute atomic E-state index is 0.0638. The van der Waals surface area contributed by atoms with Crippen molar-refractivity contribution in [1.82, 2.24) is 14.2 Å². The van der Waals surface area contributed by atoms with E-state index in [-0.39, 0.29) is 38.9 Å².